The third-order valence-electron chi connectivity index (χ3n) is 3.75. The van der Waals surface area contributed by atoms with Crippen LogP contribution in [0.4, 0.5) is 5.00 Å². The predicted octanol–water partition coefficient (Wildman–Crippen LogP) is 4.38. The Kier molecular flexibility index (Phi) is 5.43. The van der Waals surface area contributed by atoms with Gasteiger partial charge in [-0.15, -0.1) is 11.3 Å². The number of rotatable bonds is 6. The molecule has 0 spiro atoms. The van der Waals surface area contributed by atoms with Crippen molar-refractivity contribution >= 4 is 51.4 Å². The standard InChI is InChI=1S/C17H16Cl2N2O2S/c18-12-2-1-3-13(19)11(12)8-9-20-17(23)14-6-7-15(24-14)21-16(22)10-4-5-10/h1-3,6-7,10H,4-5,8-9H2,(H,20,23)(H,21,22). The minimum atomic E-state index is -0.171. The first kappa shape index (κ1) is 17.3. The molecule has 1 saturated carbocycles. The molecular formula is C17H16Cl2N2O2S. The Labute approximate surface area is 154 Å². The molecule has 1 heterocycles. The number of carbonyl (C=O) groups is 2. The minimum absolute atomic E-state index is 0.0390. The van der Waals surface area contributed by atoms with Gasteiger partial charge in [0.2, 0.25) is 5.91 Å². The van der Waals surface area contributed by atoms with E-state index in [4.69, 9.17) is 23.2 Å². The third-order valence-corrected chi connectivity index (χ3v) is 5.45. The SMILES string of the molecule is O=C(NCCc1c(Cl)cccc1Cl)c1ccc(NC(=O)C2CC2)s1. The number of hydrogen-bond donors (Lipinski definition) is 2. The van der Waals surface area contributed by atoms with Gasteiger partial charge in [-0.05, 0) is 49.1 Å². The number of benzene rings is 1. The Balaban J connectivity index is 1.52. The molecule has 1 aromatic carbocycles. The molecule has 7 heteroatoms. The van der Waals surface area contributed by atoms with Gasteiger partial charge in [0.1, 0.15) is 0 Å². The molecular weight excluding hydrogens is 367 g/mol. The van der Waals surface area contributed by atoms with Crippen LogP contribution in [0.15, 0.2) is 30.3 Å². The Morgan fingerprint density at radius 1 is 1.12 bits per heavy atom. The molecule has 1 aliphatic carbocycles. The maximum atomic E-state index is 12.2. The maximum Gasteiger partial charge on any atom is 0.261 e. The van der Waals surface area contributed by atoms with Crippen LogP contribution < -0.4 is 10.6 Å². The second-order valence-corrected chi connectivity index (χ2v) is 7.53. The second-order valence-electron chi connectivity index (χ2n) is 5.63. The van der Waals surface area contributed by atoms with Crippen molar-refractivity contribution < 1.29 is 9.59 Å². The molecule has 0 aliphatic heterocycles. The number of amides is 2. The Morgan fingerprint density at radius 2 is 1.83 bits per heavy atom. The van der Waals surface area contributed by atoms with E-state index in [0.717, 1.165) is 18.4 Å². The molecule has 0 radical (unpaired) electrons. The van der Waals surface area contributed by atoms with E-state index in [-0.39, 0.29) is 17.7 Å². The number of nitrogens with one attached hydrogen (secondary N) is 2. The van der Waals surface area contributed by atoms with Crippen molar-refractivity contribution in [3.8, 4) is 0 Å². The summed E-state index contributed by atoms with van der Waals surface area (Å²) in [5.41, 5.74) is 0.824. The van der Waals surface area contributed by atoms with Crippen molar-refractivity contribution in [2.24, 2.45) is 5.92 Å². The zero-order valence-electron chi connectivity index (χ0n) is 12.8. The molecule has 2 N–H and O–H groups in total. The van der Waals surface area contributed by atoms with Crippen LogP contribution >= 0.6 is 34.5 Å². The molecule has 0 atom stereocenters. The number of anilines is 1. The summed E-state index contributed by atoms with van der Waals surface area (Å²) < 4.78 is 0. The molecule has 0 bridgehead atoms. The quantitative estimate of drug-likeness (QED) is 0.778. The van der Waals surface area contributed by atoms with Crippen LogP contribution in [0.1, 0.15) is 28.1 Å². The highest BCUT2D eigenvalue weighted by molar-refractivity contribution is 7.18. The normalized spacial score (nSPS) is 13.6. The molecule has 1 aromatic heterocycles. The number of thiophene rings is 1. The van der Waals surface area contributed by atoms with Gasteiger partial charge in [-0.1, -0.05) is 29.3 Å². The van der Waals surface area contributed by atoms with E-state index in [1.165, 1.54) is 11.3 Å². The lowest BCUT2D eigenvalue weighted by atomic mass is 10.1. The third kappa shape index (κ3) is 4.29. The lowest BCUT2D eigenvalue weighted by molar-refractivity contribution is -0.117. The Bertz CT molecular complexity index is 751. The fraction of sp³-hybridized carbons (Fsp3) is 0.294. The highest BCUT2D eigenvalue weighted by atomic mass is 35.5. The van der Waals surface area contributed by atoms with Gasteiger partial charge in [-0.3, -0.25) is 9.59 Å². The molecule has 24 heavy (non-hydrogen) atoms. The van der Waals surface area contributed by atoms with Crippen LogP contribution in [-0.4, -0.2) is 18.4 Å². The predicted molar refractivity (Wildman–Crippen MR) is 98.2 cm³/mol. The maximum absolute atomic E-state index is 12.2. The molecule has 2 aromatic rings. The molecule has 2 amide bonds. The molecule has 0 unspecified atom stereocenters. The molecule has 1 fully saturated rings. The average molecular weight is 383 g/mol. The van der Waals surface area contributed by atoms with Gasteiger partial charge >= 0.3 is 0 Å². The Morgan fingerprint density at radius 3 is 2.50 bits per heavy atom. The summed E-state index contributed by atoms with van der Waals surface area (Å²) in [5.74, 6) is 0.0111. The lowest BCUT2D eigenvalue weighted by Crippen LogP contribution is -2.25. The summed E-state index contributed by atoms with van der Waals surface area (Å²) in [6.07, 6.45) is 2.46. The summed E-state index contributed by atoms with van der Waals surface area (Å²) >= 11 is 13.5. The second kappa shape index (κ2) is 7.55. The van der Waals surface area contributed by atoms with Crippen LogP contribution in [0.2, 0.25) is 10.0 Å². The van der Waals surface area contributed by atoms with E-state index < -0.39 is 0 Å². The first-order valence-electron chi connectivity index (χ1n) is 7.66. The smallest absolute Gasteiger partial charge is 0.261 e. The van der Waals surface area contributed by atoms with Crippen LogP contribution in [0, 0.1) is 5.92 Å². The fourth-order valence-corrected chi connectivity index (χ4v) is 3.67. The van der Waals surface area contributed by atoms with Crippen molar-refractivity contribution in [3.05, 3.63) is 50.8 Å². The molecule has 0 saturated heterocycles. The minimum Gasteiger partial charge on any atom is -0.351 e. The van der Waals surface area contributed by atoms with E-state index in [2.05, 4.69) is 10.6 Å². The number of carbonyl (C=O) groups excluding carboxylic acids is 2. The van der Waals surface area contributed by atoms with E-state index in [1.807, 2.05) is 0 Å². The van der Waals surface area contributed by atoms with Crippen molar-refractivity contribution in [2.75, 3.05) is 11.9 Å². The first-order valence-corrected chi connectivity index (χ1v) is 9.23. The monoisotopic (exact) mass is 382 g/mol. The van der Waals surface area contributed by atoms with E-state index in [0.29, 0.717) is 32.9 Å². The van der Waals surface area contributed by atoms with E-state index in [9.17, 15) is 9.59 Å². The van der Waals surface area contributed by atoms with Gasteiger partial charge in [-0.2, -0.15) is 0 Å². The van der Waals surface area contributed by atoms with Crippen LogP contribution in [-0.2, 0) is 11.2 Å². The van der Waals surface area contributed by atoms with Gasteiger partial charge in [0, 0.05) is 22.5 Å². The van der Waals surface area contributed by atoms with Gasteiger partial charge in [-0.25, -0.2) is 0 Å². The van der Waals surface area contributed by atoms with E-state index >= 15 is 0 Å². The van der Waals surface area contributed by atoms with Crippen molar-refractivity contribution in [1.82, 2.24) is 5.32 Å². The summed E-state index contributed by atoms with van der Waals surface area (Å²) in [6.45, 7) is 0.434. The van der Waals surface area contributed by atoms with E-state index in [1.54, 1.807) is 30.3 Å². The van der Waals surface area contributed by atoms with Crippen LogP contribution in [0.3, 0.4) is 0 Å². The van der Waals surface area contributed by atoms with Gasteiger partial charge in [0.15, 0.2) is 0 Å². The van der Waals surface area contributed by atoms with Crippen LogP contribution in [0.25, 0.3) is 0 Å². The van der Waals surface area contributed by atoms with Crippen LogP contribution in [0.5, 0.6) is 0 Å². The topological polar surface area (TPSA) is 58.2 Å². The van der Waals surface area contributed by atoms with Crippen molar-refractivity contribution in [3.63, 3.8) is 0 Å². The molecule has 126 valence electrons. The van der Waals surface area contributed by atoms with Crippen molar-refractivity contribution in [1.29, 1.82) is 0 Å². The zero-order valence-corrected chi connectivity index (χ0v) is 15.1. The van der Waals surface area contributed by atoms with Crippen molar-refractivity contribution in [2.45, 2.75) is 19.3 Å². The summed E-state index contributed by atoms with van der Waals surface area (Å²) in [5, 5.41) is 7.58. The van der Waals surface area contributed by atoms with Gasteiger partial charge in [0.25, 0.3) is 5.91 Å². The first-order chi connectivity index (χ1) is 11.5. The summed E-state index contributed by atoms with van der Waals surface area (Å²) in [6, 6.07) is 8.81. The molecule has 4 nitrogen and oxygen atoms in total. The largest absolute Gasteiger partial charge is 0.351 e. The molecule has 1 aliphatic rings. The lowest BCUT2D eigenvalue weighted by Gasteiger charge is -2.07. The zero-order chi connectivity index (χ0) is 17.1. The highest BCUT2D eigenvalue weighted by Gasteiger charge is 2.29. The summed E-state index contributed by atoms with van der Waals surface area (Å²) in [7, 11) is 0. The fourth-order valence-electron chi connectivity index (χ4n) is 2.26. The summed E-state index contributed by atoms with van der Waals surface area (Å²) in [4.78, 5) is 24.4. The average Bonchev–Trinajstić information content (AvgIpc) is 3.30. The molecule has 3 rings (SSSR count). The highest BCUT2D eigenvalue weighted by Crippen LogP contribution is 2.31. The Hall–Kier alpha value is -1.56. The van der Waals surface area contributed by atoms with Gasteiger partial charge in [0.05, 0.1) is 9.88 Å². The van der Waals surface area contributed by atoms with Gasteiger partial charge < -0.3 is 10.6 Å². The number of halogens is 2. The number of hydrogen-bond acceptors (Lipinski definition) is 3.